The number of fused-ring (bicyclic) bond motifs is 1. The van der Waals surface area contributed by atoms with Crippen molar-refractivity contribution in [2.75, 3.05) is 18.5 Å². The van der Waals surface area contributed by atoms with Crippen LogP contribution >= 0.6 is 12.2 Å². The Morgan fingerprint density at radius 1 is 1.19 bits per heavy atom. The molecule has 162 valence electrons. The maximum Gasteiger partial charge on any atom is 0.253 e. The van der Waals surface area contributed by atoms with Crippen molar-refractivity contribution in [1.29, 1.82) is 0 Å². The monoisotopic (exact) mass is 435 g/mol. The zero-order valence-corrected chi connectivity index (χ0v) is 19.1. The highest BCUT2D eigenvalue weighted by Crippen LogP contribution is 2.20. The minimum atomic E-state index is -0.0755. The van der Waals surface area contributed by atoms with Crippen molar-refractivity contribution in [2.24, 2.45) is 0 Å². The predicted octanol–water partition coefficient (Wildman–Crippen LogP) is 4.83. The van der Waals surface area contributed by atoms with Crippen molar-refractivity contribution < 1.29 is 4.74 Å². The molecule has 0 spiro atoms. The van der Waals surface area contributed by atoms with E-state index in [0.717, 1.165) is 47.2 Å². The maximum absolute atomic E-state index is 12.9. The third-order valence-corrected chi connectivity index (χ3v) is 6.25. The van der Waals surface area contributed by atoms with Gasteiger partial charge in [0.25, 0.3) is 5.56 Å². The molecule has 1 atom stereocenters. The molecule has 1 aliphatic heterocycles. The highest BCUT2D eigenvalue weighted by atomic mass is 32.1. The first kappa shape index (κ1) is 21.5. The summed E-state index contributed by atoms with van der Waals surface area (Å²) < 4.78 is 5.86. The zero-order valence-electron chi connectivity index (χ0n) is 18.3. The van der Waals surface area contributed by atoms with Gasteiger partial charge in [-0.1, -0.05) is 35.9 Å². The Morgan fingerprint density at radius 2 is 2.03 bits per heavy atom. The summed E-state index contributed by atoms with van der Waals surface area (Å²) >= 11 is 5.79. The number of aryl methyl sites for hydroxylation is 3. The molecule has 0 bridgehead atoms. The summed E-state index contributed by atoms with van der Waals surface area (Å²) in [5.74, 6) is 0. The Balaban J connectivity index is 1.61. The van der Waals surface area contributed by atoms with Gasteiger partial charge in [0.05, 0.1) is 18.2 Å². The van der Waals surface area contributed by atoms with Crippen LogP contribution in [0.1, 0.15) is 35.1 Å². The van der Waals surface area contributed by atoms with E-state index in [1.54, 1.807) is 0 Å². The van der Waals surface area contributed by atoms with Crippen molar-refractivity contribution in [3.63, 3.8) is 0 Å². The number of hydrogen-bond donors (Lipinski definition) is 2. The van der Waals surface area contributed by atoms with Crippen LogP contribution in [0.3, 0.4) is 0 Å². The third kappa shape index (κ3) is 4.97. The number of ether oxygens (including phenoxy) is 1. The Hall–Kier alpha value is -2.70. The summed E-state index contributed by atoms with van der Waals surface area (Å²) in [7, 11) is 0. The first-order valence-electron chi connectivity index (χ1n) is 10.8. The molecule has 4 rings (SSSR count). The van der Waals surface area contributed by atoms with E-state index < -0.39 is 0 Å². The first-order chi connectivity index (χ1) is 14.9. The van der Waals surface area contributed by atoms with Crippen LogP contribution in [0, 0.1) is 20.8 Å². The molecule has 1 aliphatic rings. The summed E-state index contributed by atoms with van der Waals surface area (Å²) in [5, 5.41) is 5.02. The molecule has 0 radical (unpaired) electrons. The second kappa shape index (κ2) is 9.20. The Kier molecular flexibility index (Phi) is 6.39. The molecule has 1 unspecified atom stereocenters. The SMILES string of the molecule is Cc1ccc(NC(=S)N(Cc2cc3cccc(C)c3[nH]c2=O)CC2CCCO2)c(C)c1. The minimum absolute atomic E-state index is 0.0755. The lowest BCUT2D eigenvalue weighted by Crippen LogP contribution is -2.40. The average Bonchev–Trinajstić information content (AvgIpc) is 3.24. The van der Waals surface area contributed by atoms with Crippen LogP contribution in [0.25, 0.3) is 10.9 Å². The van der Waals surface area contributed by atoms with Gasteiger partial charge in [0, 0.05) is 24.4 Å². The summed E-state index contributed by atoms with van der Waals surface area (Å²) in [5.41, 5.74) is 5.90. The van der Waals surface area contributed by atoms with E-state index in [2.05, 4.69) is 41.2 Å². The summed E-state index contributed by atoms with van der Waals surface area (Å²) in [6.07, 6.45) is 2.20. The van der Waals surface area contributed by atoms with Gasteiger partial charge in [-0.15, -0.1) is 0 Å². The summed E-state index contributed by atoms with van der Waals surface area (Å²) in [6, 6.07) is 14.3. The molecule has 3 aromatic rings. The van der Waals surface area contributed by atoms with Crippen LogP contribution < -0.4 is 10.9 Å². The van der Waals surface area contributed by atoms with Gasteiger partial charge in [-0.05, 0) is 74.5 Å². The van der Waals surface area contributed by atoms with Crippen molar-refractivity contribution in [2.45, 2.75) is 46.3 Å². The first-order valence-corrected chi connectivity index (χ1v) is 11.2. The number of aromatic nitrogens is 1. The van der Waals surface area contributed by atoms with Gasteiger partial charge < -0.3 is 19.9 Å². The van der Waals surface area contributed by atoms with Gasteiger partial charge in [-0.2, -0.15) is 0 Å². The van der Waals surface area contributed by atoms with Crippen molar-refractivity contribution in [3.05, 3.63) is 75.1 Å². The molecule has 5 nitrogen and oxygen atoms in total. The highest BCUT2D eigenvalue weighted by Gasteiger charge is 2.22. The molecular weight excluding hydrogens is 406 g/mol. The highest BCUT2D eigenvalue weighted by molar-refractivity contribution is 7.80. The van der Waals surface area contributed by atoms with Gasteiger partial charge >= 0.3 is 0 Å². The van der Waals surface area contributed by atoms with Crippen molar-refractivity contribution in [3.8, 4) is 0 Å². The molecule has 31 heavy (non-hydrogen) atoms. The van der Waals surface area contributed by atoms with Gasteiger partial charge in [-0.25, -0.2) is 0 Å². The molecule has 1 fully saturated rings. The average molecular weight is 436 g/mol. The van der Waals surface area contributed by atoms with Crippen LogP contribution in [0.15, 0.2) is 47.3 Å². The van der Waals surface area contributed by atoms with E-state index in [1.165, 1.54) is 5.56 Å². The van der Waals surface area contributed by atoms with Crippen LogP contribution in [0.4, 0.5) is 5.69 Å². The molecule has 2 N–H and O–H groups in total. The van der Waals surface area contributed by atoms with Crippen molar-refractivity contribution in [1.82, 2.24) is 9.88 Å². The molecule has 6 heteroatoms. The third-order valence-electron chi connectivity index (χ3n) is 5.88. The number of anilines is 1. The van der Waals surface area contributed by atoms with E-state index in [0.29, 0.717) is 23.8 Å². The smallest absolute Gasteiger partial charge is 0.253 e. The fourth-order valence-corrected chi connectivity index (χ4v) is 4.40. The molecule has 0 amide bonds. The van der Waals surface area contributed by atoms with Crippen LogP contribution in [-0.4, -0.2) is 34.3 Å². The number of hydrogen-bond acceptors (Lipinski definition) is 3. The molecule has 0 saturated carbocycles. The number of rotatable bonds is 5. The standard InChI is InChI=1S/C25H29N3O2S/c1-16-9-10-22(18(3)12-16)26-25(31)28(15-21-8-5-11-30-21)14-20-13-19-7-4-6-17(2)23(19)27-24(20)29/h4,6-7,9-10,12-13,21H,5,8,11,14-15H2,1-3H3,(H,26,31)(H,27,29). The number of para-hydroxylation sites is 1. The Labute approximate surface area is 188 Å². The van der Waals surface area contributed by atoms with E-state index in [9.17, 15) is 4.79 Å². The normalized spacial score (nSPS) is 15.9. The predicted molar refractivity (Wildman–Crippen MR) is 131 cm³/mol. The number of thiocarbonyl (C=S) groups is 1. The lowest BCUT2D eigenvalue weighted by atomic mass is 10.1. The topological polar surface area (TPSA) is 57.4 Å². The van der Waals surface area contributed by atoms with E-state index in [-0.39, 0.29) is 11.7 Å². The molecule has 0 aliphatic carbocycles. The van der Waals surface area contributed by atoms with Gasteiger partial charge in [0.2, 0.25) is 0 Å². The molecule has 2 aromatic carbocycles. The largest absolute Gasteiger partial charge is 0.376 e. The minimum Gasteiger partial charge on any atom is -0.376 e. The lowest BCUT2D eigenvalue weighted by molar-refractivity contribution is 0.0904. The fourth-order valence-electron chi connectivity index (χ4n) is 4.15. The fraction of sp³-hybridized carbons (Fsp3) is 0.360. The summed E-state index contributed by atoms with van der Waals surface area (Å²) in [6.45, 7) is 8.01. The van der Waals surface area contributed by atoms with E-state index in [1.807, 2.05) is 37.3 Å². The van der Waals surface area contributed by atoms with Crippen LogP contribution in [0.2, 0.25) is 0 Å². The summed E-state index contributed by atoms with van der Waals surface area (Å²) in [4.78, 5) is 18.0. The van der Waals surface area contributed by atoms with Gasteiger partial charge in [0.1, 0.15) is 0 Å². The molecular formula is C25H29N3O2S. The number of nitrogens with zero attached hydrogens (tertiary/aromatic N) is 1. The molecule has 1 aromatic heterocycles. The lowest BCUT2D eigenvalue weighted by Gasteiger charge is -2.28. The number of aromatic amines is 1. The molecule has 2 heterocycles. The maximum atomic E-state index is 12.9. The number of pyridine rings is 1. The number of benzene rings is 2. The van der Waals surface area contributed by atoms with E-state index in [4.69, 9.17) is 17.0 Å². The van der Waals surface area contributed by atoms with E-state index >= 15 is 0 Å². The number of nitrogens with one attached hydrogen (secondary N) is 2. The van der Waals surface area contributed by atoms with Crippen LogP contribution in [-0.2, 0) is 11.3 Å². The van der Waals surface area contributed by atoms with Crippen molar-refractivity contribution >= 4 is 33.9 Å². The second-order valence-electron chi connectivity index (χ2n) is 8.43. The Bertz CT molecular complexity index is 1170. The van der Waals surface area contributed by atoms with Crippen LogP contribution in [0.5, 0.6) is 0 Å². The molecule has 1 saturated heterocycles. The Morgan fingerprint density at radius 3 is 2.77 bits per heavy atom. The van der Waals surface area contributed by atoms with Gasteiger partial charge in [0.15, 0.2) is 5.11 Å². The zero-order chi connectivity index (χ0) is 22.0. The quantitative estimate of drug-likeness (QED) is 0.562. The van der Waals surface area contributed by atoms with Gasteiger partial charge in [-0.3, -0.25) is 4.79 Å². The second-order valence-corrected chi connectivity index (χ2v) is 8.81. The number of H-pyrrole nitrogens is 1.